The van der Waals surface area contributed by atoms with Gasteiger partial charge in [0.2, 0.25) is 0 Å². The Bertz CT molecular complexity index is 299. The van der Waals surface area contributed by atoms with Crippen LogP contribution in [0, 0.1) is 23.7 Å². The van der Waals surface area contributed by atoms with Crippen LogP contribution in [0.3, 0.4) is 0 Å². The summed E-state index contributed by atoms with van der Waals surface area (Å²) in [4.78, 5) is 0. The minimum Gasteiger partial charge on any atom is -0.495 e. The van der Waals surface area contributed by atoms with Crippen molar-refractivity contribution in [1.82, 2.24) is 0 Å². The topological polar surface area (TPSA) is 9.23 Å². The van der Waals surface area contributed by atoms with Crippen LogP contribution in [0.5, 0.6) is 0 Å². The third-order valence-corrected chi connectivity index (χ3v) is 5.27. The molecule has 3 atom stereocenters. The van der Waals surface area contributed by atoms with E-state index in [0.29, 0.717) is 0 Å². The second-order valence-corrected chi connectivity index (χ2v) is 6.77. The van der Waals surface area contributed by atoms with E-state index in [-0.39, 0.29) is 5.60 Å². The van der Waals surface area contributed by atoms with E-state index in [1.54, 1.807) is 0 Å². The predicted molar refractivity (Wildman–Crippen MR) is 66.0 cm³/mol. The van der Waals surface area contributed by atoms with E-state index < -0.39 is 0 Å². The maximum atomic E-state index is 6.25. The van der Waals surface area contributed by atoms with E-state index in [1.165, 1.54) is 37.7 Å². The molecule has 4 fully saturated rings. The molecule has 0 radical (unpaired) electrons. The van der Waals surface area contributed by atoms with Gasteiger partial charge in [0.15, 0.2) is 0 Å². The summed E-state index contributed by atoms with van der Waals surface area (Å²) in [7, 11) is 0. The lowest BCUT2D eigenvalue weighted by molar-refractivity contribution is -0.170. The third kappa shape index (κ3) is 1.51. The molecule has 0 amide bonds. The quantitative estimate of drug-likeness (QED) is 0.635. The van der Waals surface area contributed by atoms with Crippen molar-refractivity contribution in [2.75, 3.05) is 0 Å². The Morgan fingerprint density at radius 3 is 2.31 bits per heavy atom. The van der Waals surface area contributed by atoms with E-state index in [4.69, 9.17) is 4.74 Å². The van der Waals surface area contributed by atoms with Crippen molar-refractivity contribution >= 4 is 0 Å². The first-order chi connectivity index (χ1) is 7.59. The first kappa shape index (κ1) is 10.7. The normalized spacial score (nSPS) is 49.2. The van der Waals surface area contributed by atoms with E-state index >= 15 is 0 Å². The first-order valence-corrected chi connectivity index (χ1v) is 6.90. The Kier molecular flexibility index (Phi) is 2.35. The minimum atomic E-state index is 0.214. The maximum Gasteiger partial charge on any atom is 0.111 e. The predicted octanol–water partition coefficient (Wildman–Crippen LogP) is 4.14. The monoisotopic (exact) mass is 220 g/mol. The van der Waals surface area contributed by atoms with Crippen LogP contribution >= 0.6 is 0 Å². The van der Waals surface area contributed by atoms with E-state index in [1.807, 2.05) is 6.26 Å². The van der Waals surface area contributed by atoms with Crippen molar-refractivity contribution in [2.24, 2.45) is 23.7 Å². The van der Waals surface area contributed by atoms with Gasteiger partial charge in [-0.25, -0.2) is 0 Å². The highest BCUT2D eigenvalue weighted by molar-refractivity contribution is 5.08. The number of hydrogen-bond acceptors (Lipinski definition) is 1. The highest BCUT2D eigenvalue weighted by Crippen LogP contribution is 2.59. The molecule has 0 spiro atoms. The molecule has 3 unspecified atom stereocenters. The van der Waals surface area contributed by atoms with Gasteiger partial charge in [-0.3, -0.25) is 0 Å². The molecule has 0 aromatic rings. The first-order valence-electron chi connectivity index (χ1n) is 6.90. The Labute approximate surface area is 99.3 Å². The summed E-state index contributed by atoms with van der Waals surface area (Å²) in [5, 5.41) is 0. The Morgan fingerprint density at radius 2 is 1.75 bits per heavy atom. The summed E-state index contributed by atoms with van der Waals surface area (Å²) in [6.45, 7) is 6.69. The fourth-order valence-electron chi connectivity index (χ4n) is 4.66. The van der Waals surface area contributed by atoms with Crippen molar-refractivity contribution in [1.29, 1.82) is 0 Å². The number of allylic oxidation sites excluding steroid dienone is 1. The lowest BCUT2D eigenvalue weighted by atomic mass is 9.50. The smallest absolute Gasteiger partial charge is 0.111 e. The lowest BCUT2D eigenvalue weighted by Crippen LogP contribution is -2.56. The second-order valence-electron chi connectivity index (χ2n) is 6.77. The van der Waals surface area contributed by atoms with Crippen molar-refractivity contribution in [2.45, 2.75) is 58.5 Å². The van der Waals surface area contributed by atoms with Gasteiger partial charge in [0.1, 0.15) is 5.60 Å². The van der Waals surface area contributed by atoms with Crippen molar-refractivity contribution in [3.8, 4) is 0 Å². The van der Waals surface area contributed by atoms with Crippen LogP contribution in [-0.2, 0) is 4.74 Å². The molecule has 4 rings (SSSR count). The number of hydrogen-bond donors (Lipinski definition) is 0. The summed E-state index contributed by atoms with van der Waals surface area (Å²) in [6.07, 6.45) is 9.12. The van der Waals surface area contributed by atoms with Gasteiger partial charge in [-0.2, -0.15) is 0 Å². The summed E-state index contributed by atoms with van der Waals surface area (Å²) in [5.74, 6) is 3.67. The van der Waals surface area contributed by atoms with Gasteiger partial charge in [0.25, 0.3) is 0 Å². The van der Waals surface area contributed by atoms with E-state index in [2.05, 4.69) is 20.8 Å². The van der Waals surface area contributed by atoms with Gasteiger partial charge >= 0.3 is 0 Å². The molecule has 1 nitrogen and oxygen atoms in total. The lowest BCUT2D eigenvalue weighted by Gasteiger charge is -2.59. The van der Waals surface area contributed by atoms with E-state index in [0.717, 1.165) is 23.7 Å². The highest BCUT2D eigenvalue weighted by Gasteiger charge is 2.56. The fraction of sp³-hybridized carbons (Fsp3) is 0.867. The molecular formula is C15H24O. The molecule has 0 N–H and O–H groups in total. The standard InChI is InChI=1S/C15H24O/c1-10(2)9-16-15-7-12-4-13(8-15)6-14(5-12)11(15)3/h9,11-14H,4-8H2,1-3H3. The van der Waals surface area contributed by atoms with Gasteiger partial charge in [-0.05, 0) is 75.2 Å². The van der Waals surface area contributed by atoms with Gasteiger partial charge < -0.3 is 4.74 Å². The summed E-state index contributed by atoms with van der Waals surface area (Å²) >= 11 is 0. The largest absolute Gasteiger partial charge is 0.495 e. The van der Waals surface area contributed by atoms with Crippen LogP contribution in [0.15, 0.2) is 11.8 Å². The molecule has 4 aliphatic rings. The molecule has 16 heavy (non-hydrogen) atoms. The molecule has 0 aliphatic heterocycles. The van der Waals surface area contributed by atoms with Crippen LogP contribution in [0.25, 0.3) is 0 Å². The molecule has 0 saturated heterocycles. The number of ether oxygens (including phenoxy) is 1. The Morgan fingerprint density at radius 1 is 1.12 bits per heavy atom. The average molecular weight is 220 g/mol. The van der Waals surface area contributed by atoms with Gasteiger partial charge in [-0.1, -0.05) is 6.92 Å². The molecule has 4 bridgehead atoms. The highest BCUT2D eigenvalue weighted by atomic mass is 16.5. The van der Waals surface area contributed by atoms with Crippen LogP contribution in [-0.4, -0.2) is 5.60 Å². The Balaban J connectivity index is 1.85. The molecule has 0 heterocycles. The zero-order valence-corrected chi connectivity index (χ0v) is 10.8. The van der Waals surface area contributed by atoms with Crippen LogP contribution in [0.1, 0.15) is 52.9 Å². The SMILES string of the molecule is CC(C)=COC12CC3CC(CC(C3)C1C)C2. The zero-order chi connectivity index (χ0) is 11.3. The molecular weight excluding hydrogens is 196 g/mol. The van der Waals surface area contributed by atoms with Gasteiger partial charge in [0, 0.05) is 0 Å². The third-order valence-electron chi connectivity index (χ3n) is 5.27. The molecule has 4 saturated carbocycles. The molecule has 0 aromatic heterocycles. The second kappa shape index (κ2) is 3.51. The van der Waals surface area contributed by atoms with Crippen LogP contribution in [0.2, 0.25) is 0 Å². The molecule has 0 aromatic carbocycles. The van der Waals surface area contributed by atoms with Crippen LogP contribution in [0.4, 0.5) is 0 Å². The Hall–Kier alpha value is -0.460. The van der Waals surface area contributed by atoms with Crippen molar-refractivity contribution < 1.29 is 4.74 Å². The summed E-state index contributed by atoms with van der Waals surface area (Å²) < 4.78 is 6.25. The van der Waals surface area contributed by atoms with Crippen LogP contribution < -0.4 is 0 Å². The molecule has 1 heteroatoms. The van der Waals surface area contributed by atoms with Crippen molar-refractivity contribution in [3.63, 3.8) is 0 Å². The average Bonchev–Trinajstić information content (AvgIpc) is 2.22. The van der Waals surface area contributed by atoms with Gasteiger partial charge in [0.05, 0.1) is 6.26 Å². The molecule has 4 aliphatic carbocycles. The fourth-order valence-corrected chi connectivity index (χ4v) is 4.66. The zero-order valence-electron chi connectivity index (χ0n) is 10.8. The molecule has 90 valence electrons. The maximum absolute atomic E-state index is 6.25. The summed E-state index contributed by atoms with van der Waals surface area (Å²) in [6, 6.07) is 0. The van der Waals surface area contributed by atoms with Gasteiger partial charge in [-0.15, -0.1) is 0 Å². The minimum absolute atomic E-state index is 0.214. The number of rotatable bonds is 2. The summed E-state index contributed by atoms with van der Waals surface area (Å²) in [5.41, 5.74) is 1.51. The van der Waals surface area contributed by atoms with E-state index in [9.17, 15) is 0 Å². The van der Waals surface area contributed by atoms with Crippen molar-refractivity contribution in [3.05, 3.63) is 11.8 Å².